The molecule has 0 spiro atoms. The van der Waals surface area contributed by atoms with E-state index in [1.165, 1.54) is 11.8 Å². The molecule has 0 atom stereocenters. The minimum atomic E-state index is 0.728. The third-order valence-electron chi connectivity index (χ3n) is 2.05. The van der Waals surface area contributed by atoms with E-state index in [1.54, 1.807) is 6.20 Å². The third kappa shape index (κ3) is 3.42. The van der Waals surface area contributed by atoms with Crippen molar-refractivity contribution >= 4 is 17.6 Å². The Labute approximate surface area is 105 Å². The minimum absolute atomic E-state index is 0.728. The molecule has 0 aromatic carbocycles. The molecule has 0 radical (unpaired) electrons. The second-order valence-corrected chi connectivity index (χ2v) is 4.46. The molecule has 0 saturated heterocycles. The summed E-state index contributed by atoms with van der Waals surface area (Å²) in [6.45, 7) is 4.86. The van der Waals surface area contributed by atoms with Gasteiger partial charge in [-0.1, -0.05) is 6.07 Å². The first-order valence-electron chi connectivity index (χ1n) is 5.46. The molecule has 5 heteroatoms. The van der Waals surface area contributed by atoms with Crippen molar-refractivity contribution < 1.29 is 0 Å². The average molecular weight is 246 g/mol. The lowest BCUT2D eigenvalue weighted by atomic mass is 10.4. The van der Waals surface area contributed by atoms with Gasteiger partial charge in [-0.2, -0.15) is 0 Å². The summed E-state index contributed by atoms with van der Waals surface area (Å²) < 4.78 is 0. The highest BCUT2D eigenvalue weighted by Gasteiger charge is 2.02. The molecule has 2 aromatic heterocycles. The molecule has 0 fully saturated rings. The van der Waals surface area contributed by atoms with Crippen molar-refractivity contribution in [2.75, 3.05) is 11.9 Å². The van der Waals surface area contributed by atoms with Gasteiger partial charge in [-0.05, 0) is 43.8 Å². The number of anilines is 1. The van der Waals surface area contributed by atoms with E-state index in [0.29, 0.717) is 0 Å². The van der Waals surface area contributed by atoms with Gasteiger partial charge >= 0.3 is 0 Å². The summed E-state index contributed by atoms with van der Waals surface area (Å²) in [4.78, 5) is 13.0. The Balaban J connectivity index is 2.15. The first-order valence-corrected chi connectivity index (χ1v) is 6.28. The first kappa shape index (κ1) is 11.9. The quantitative estimate of drug-likeness (QED) is 0.841. The molecule has 0 amide bonds. The van der Waals surface area contributed by atoms with Gasteiger partial charge in [-0.15, -0.1) is 0 Å². The smallest absolute Gasteiger partial charge is 0.194 e. The molecular weight excluding hydrogens is 232 g/mol. The second kappa shape index (κ2) is 5.63. The first-order chi connectivity index (χ1) is 8.28. The number of pyridine rings is 1. The zero-order valence-electron chi connectivity index (χ0n) is 9.84. The predicted molar refractivity (Wildman–Crippen MR) is 69.3 cm³/mol. The summed E-state index contributed by atoms with van der Waals surface area (Å²) in [5.74, 6) is 0.880. The maximum atomic E-state index is 4.46. The molecule has 88 valence electrons. The zero-order valence-corrected chi connectivity index (χ0v) is 10.7. The lowest BCUT2D eigenvalue weighted by molar-refractivity contribution is 0.927. The summed E-state index contributed by atoms with van der Waals surface area (Å²) >= 11 is 1.47. The number of aromatic nitrogens is 3. The molecule has 2 heterocycles. The summed E-state index contributed by atoms with van der Waals surface area (Å²) in [5, 5.41) is 4.80. The molecular formula is C12H14N4S. The van der Waals surface area contributed by atoms with Crippen LogP contribution < -0.4 is 5.32 Å². The fraction of sp³-hybridized carbons (Fsp3) is 0.250. The lowest BCUT2D eigenvalue weighted by Crippen LogP contribution is -1.99. The van der Waals surface area contributed by atoms with Crippen molar-refractivity contribution in [2.45, 2.75) is 24.0 Å². The van der Waals surface area contributed by atoms with Crippen LogP contribution in [0.2, 0.25) is 0 Å². The van der Waals surface area contributed by atoms with Crippen molar-refractivity contribution in [1.82, 2.24) is 15.0 Å². The number of hydrogen-bond acceptors (Lipinski definition) is 5. The number of rotatable bonds is 4. The maximum Gasteiger partial charge on any atom is 0.194 e. The Kier molecular flexibility index (Phi) is 3.93. The van der Waals surface area contributed by atoms with Crippen LogP contribution in [0.5, 0.6) is 0 Å². The number of hydrogen-bond donors (Lipinski definition) is 1. The largest absolute Gasteiger partial charge is 0.370 e. The topological polar surface area (TPSA) is 50.7 Å². The molecule has 0 aliphatic rings. The van der Waals surface area contributed by atoms with Crippen LogP contribution in [0.3, 0.4) is 0 Å². The summed E-state index contributed by atoms with van der Waals surface area (Å²) in [6, 6.07) is 7.76. The van der Waals surface area contributed by atoms with Crippen LogP contribution in [0.25, 0.3) is 0 Å². The van der Waals surface area contributed by atoms with E-state index in [1.807, 2.05) is 38.1 Å². The fourth-order valence-electron chi connectivity index (χ4n) is 1.32. The van der Waals surface area contributed by atoms with Crippen LogP contribution in [0.1, 0.15) is 12.6 Å². The Morgan fingerprint density at radius 3 is 2.88 bits per heavy atom. The maximum absolute atomic E-state index is 4.46. The van der Waals surface area contributed by atoms with E-state index in [-0.39, 0.29) is 0 Å². The van der Waals surface area contributed by atoms with E-state index >= 15 is 0 Å². The Hall–Kier alpha value is -1.62. The van der Waals surface area contributed by atoms with Gasteiger partial charge in [0.25, 0.3) is 0 Å². The van der Waals surface area contributed by atoms with Crippen molar-refractivity contribution in [3.8, 4) is 0 Å². The van der Waals surface area contributed by atoms with Crippen LogP contribution in [-0.4, -0.2) is 21.5 Å². The molecule has 17 heavy (non-hydrogen) atoms. The van der Waals surface area contributed by atoms with Crippen LogP contribution in [-0.2, 0) is 0 Å². The summed E-state index contributed by atoms with van der Waals surface area (Å²) in [6.07, 6.45) is 1.76. The van der Waals surface area contributed by atoms with Crippen molar-refractivity contribution in [2.24, 2.45) is 0 Å². The Bertz CT molecular complexity index is 501. The van der Waals surface area contributed by atoms with Gasteiger partial charge in [-0.3, -0.25) is 0 Å². The normalized spacial score (nSPS) is 10.2. The van der Waals surface area contributed by atoms with Crippen molar-refractivity contribution in [1.29, 1.82) is 0 Å². The Morgan fingerprint density at radius 2 is 2.12 bits per heavy atom. The predicted octanol–water partition coefficient (Wildman–Crippen LogP) is 2.76. The fourth-order valence-corrected chi connectivity index (χ4v) is 2.10. The second-order valence-electron chi connectivity index (χ2n) is 3.47. The molecule has 2 rings (SSSR count). The highest BCUT2D eigenvalue weighted by atomic mass is 32.2. The lowest BCUT2D eigenvalue weighted by Gasteiger charge is -2.04. The van der Waals surface area contributed by atoms with Gasteiger partial charge < -0.3 is 5.32 Å². The SMILES string of the molecule is CCNc1cccc(Sc2nccc(C)n2)n1. The van der Waals surface area contributed by atoms with Gasteiger partial charge in [0.1, 0.15) is 10.8 Å². The minimum Gasteiger partial charge on any atom is -0.370 e. The summed E-state index contributed by atoms with van der Waals surface area (Å²) in [7, 11) is 0. The highest BCUT2D eigenvalue weighted by molar-refractivity contribution is 7.99. The van der Waals surface area contributed by atoms with E-state index in [4.69, 9.17) is 0 Å². The molecule has 0 aliphatic heterocycles. The van der Waals surface area contributed by atoms with Crippen LogP contribution >= 0.6 is 11.8 Å². The van der Waals surface area contributed by atoms with Gasteiger partial charge in [0.05, 0.1) is 0 Å². The van der Waals surface area contributed by atoms with Gasteiger partial charge in [0.2, 0.25) is 0 Å². The molecule has 0 aliphatic carbocycles. The van der Waals surface area contributed by atoms with Crippen molar-refractivity contribution in [3.05, 3.63) is 36.2 Å². The standard InChI is InChI=1S/C12H14N4S/c1-3-13-10-5-4-6-11(16-10)17-12-14-8-7-9(2)15-12/h4-8H,3H2,1-2H3,(H,13,16). The highest BCUT2D eigenvalue weighted by Crippen LogP contribution is 2.23. The van der Waals surface area contributed by atoms with E-state index < -0.39 is 0 Å². The molecule has 0 saturated carbocycles. The van der Waals surface area contributed by atoms with Crippen LogP contribution in [0.15, 0.2) is 40.6 Å². The van der Waals surface area contributed by atoms with E-state index in [0.717, 1.165) is 28.2 Å². The number of nitrogens with zero attached hydrogens (tertiary/aromatic N) is 3. The number of aryl methyl sites for hydroxylation is 1. The molecule has 1 N–H and O–H groups in total. The van der Waals surface area contributed by atoms with E-state index in [9.17, 15) is 0 Å². The van der Waals surface area contributed by atoms with Crippen molar-refractivity contribution in [3.63, 3.8) is 0 Å². The van der Waals surface area contributed by atoms with Crippen LogP contribution in [0.4, 0.5) is 5.82 Å². The van der Waals surface area contributed by atoms with Crippen LogP contribution in [0, 0.1) is 6.92 Å². The molecule has 4 nitrogen and oxygen atoms in total. The molecule has 2 aromatic rings. The summed E-state index contributed by atoms with van der Waals surface area (Å²) in [5.41, 5.74) is 0.963. The van der Waals surface area contributed by atoms with Gasteiger partial charge in [0, 0.05) is 18.4 Å². The zero-order chi connectivity index (χ0) is 12.1. The molecule has 0 bridgehead atoms. The number of nitrogens with one attached hydrogen (secondary N) is 1. The molecule has 0 unspecified atom stereocenters. The van der Waals surface area contributed by atoms with E-state index in [2.05, 4.69) is 20.3 Å². The monoisotopic (exact) mass is 246 g/mol. The Morgan fingerprint density at radius 1 is 1.24 bits per heavy atom. The average Bonchev–Trinajstić information content (AvgIpc) is 2.30. The van der Waals surface area contributed by atoms with Gasteiger partial charge in [-0.25, -0.2) is 15.0 Å². The third-order valence-corrected chi connectivity index (χ3v) is 2.87. The van der Waals surface area contributed by atoms with Gasteiger partial charge in [0.15, 0.2) is 5.16 Å².